The Kier molecular flexibility index (Phi) is 6.83. The lowest BCUT2D eigenvalue weighted by Crippen LogP contribution is -2.15. The molecule has 0 aliphatic heterocycles. The highest BCUT2D eigenvalue weighted by molar-refractivity contribution is 6.21. The molecule has 0 atom stereocenters. The lowest BCUT2D eigenvalue weighted by molar-refractivity contribution is 0.666. The van der Waals surface area contributed by atoms with Gasteiger partial charge in [0.2, 0.25) is 0 Å². The van der Waals surface area contributed by atoms with E-state index in [1.54, 1.807) is 0 Å². The highest BCUT2D eigenvalue weighted by Gasteiger charge is 2.41. The number of hydrogen-bond donors (Lipinski definition) is 0. The Morgan fingerprint density at radius 2 is 1.00 bits per heavy atom. The number of fused-ring (bicyclic) bond motifs is 9. The minimum Gasteiger partial charge on any atom is -0.309 e. The summed E-state index contributed by atoms with van der Waals surface area (Å²) in [6.07, 6.45) is 0. The van der Waals surface area contributed by atoms with Gasteiger partial charge in [-0.3, -0.25) is 0 Å². The van der Waals surface area contributed by atoms with Crippen LogP contribution in [0.15, 0.2) is 176 Å². The molecule has 5 heteroatoms. The third kappa shape index (κ3) is 4.69. The SMILES string of the molecule is CC1(C)c2ccccc2-c2c1c1c(ccc3c4ccccc4n(-c4cccc(-c5nc(-c6ccccc6)nc(-c6ccccc6)n5)c4)c31)n2-c1ccccc1. The van der Waals surface area contributed by atoms with Crippen molar-refractivity contribution in [1.29, 1.82) is 0 Å². The Balaban J connectivity index is 1.21. The standard InChI is InChI=1S/C50H35N5/c1-50(2)40-27-14-12-26-39(40)46-44(50)43-42(54(46)35-22-10-5-11-23-35)30-29-38-37-25-13-15-28-41(37)55(45(38)43)36-24-16-21-34(31-36)49-52-47(32-17-6-3-7-18-32)51-48(53-49)33-19-8-4-9-20-33/h3-31H,1-2H3. The molecular weight excluding hydrogens is 671 g/mol. The van der Waals surface area contributed by atoms with Crippen LogP contribution in [0.3, 0.4) is 0 Å². The van der Waals surface area contributed by atoms with E-state index in [2.05, 4.69) is 138 Å². The highest BCUT2D eigenvalue weighted by Crippen LogP contribution is 2.55. The highest BCUT2D eigenvalue weighted by atomic mass is 15.0. The molecule has 0 amide bonds. The van der Waals surface area contributed by atoms with Crippen LogP contribution in [0.1, 0.15) is 25.0 Å². The Morgan fingerprint density at radius 1 is 0.436 bits per heavy atom. The summed E-state index contributed by atoms with van der Waals surface area (Å²) in [7, 11) is 0. The van der Waals surface area contributed by atoms with Gasteiger partial charge in [-0.1, -0.05) is 153 Å². The van der Waals surface area contributed by atoms with E-state index >= 15 is 0 Å². The van der Waals surface area contributed by atoms with E-state index in [9.17, 15) is 0 Å². The smallest absolute Gasteiger partial charge is 0.164 e. The first-order valence-corrected chi connectivity index (χ1v) is 18.8. The third-order valence-electron chi connectivity index (χ3n) is 11.3. The van der Waals surface area contributed by atoms with E-state index in [1.165, 1.54) is 49.6 Å². The molecule has 55 heavy (non-hydrogen) atoms. The Morgan fingerprint density at radius 3 is 1.71 bits per heavy atom. The summed E-state index contributed by atoms with van der Waals surface area (Å²) in [4.78, 5) is 15.1. The van der Waals surface area contributed by atoms with Crippen LogP contribution >= 0.6 is 0 Å². The molecule has 0 radical (unpaired) electrons. The van der Waals surface area contributed by atoms with Crippen molar-refractivity contribution in [3.63, 3.8) is 0 Å². The molecule has 1 aliphatic rings. The van der Waals surface area contributed by atoms with Gasteiger partial charge < -0.3 is 9.13 Å². The molecule has 0 bridgehead atoms. The monoisotopic (exact) mass is 705 g/mol. The minimum atomic E-state index is -0.228. The zero-order valence-electron chi connectivity index (χ0n) is 30.5. The minimum absolute atomic E-state index is 0.228. The summed E-state index contributed by atoms with van der Waals surface area (Å²) >= 11 is 0. The number of aromatic nitrogens is 5. The second-order valence-electron chi connectivity index (χ2n) is 14.9. The molecule has 0 saturated heterocycles. The van der Waals surface area contributed by atoms with Gasteiger partial charge in [-0.15, -0.1) is 0 Å². The average molecular weight is 706 g/mol. The number of benzene rings is 7. The molecular formula is C50H35N5. The van der Waals surface area contributed by atoms with Gasteiger partial charge in [0.15, 0.2) is 17.5 Å². The van der Waals surface area contributed by atoms with Crippen molar-refractivity contribution in [3.05, 3.63) is 187 Å². The van der Waals surface area contributed by atoms with Gasteiger partial charge in [-0.05, 0) is 47.5 Å². The molecule has 3 aromatic heterocycles. The lowest BCUT2D eigenvalue weighted by atomic mass is 9.81. The average Bonchev–Trinajstić information content (AvgIpc) is 3.86. The van der Waals surface area contributed by atoms with Gasteiger partial charge in [-0.25, -0.2) is 15.0 Å². The molecule has 0 saturated carbocycles. The van der Waals surface area contributed by atoms with E-state index in [-0.39, 0.29) is 5.41 Å². The van der Waals surface area contributed by atoms with Gasteiger partial charge >= 0.3 is 0 Å². The predicted octanol–water partition coefficient (Wildman–Crippen LogP) is 12.2. The number of rotatable bonds is 5. The Hall–Kier alpha value is -7.11. The molecule has 0 spiro atoms. The van der Waals surface area contributed by atoms with E-state index in [0.29, 0.717) is 17.5 Å². The van der Waals surface area contributed by atoms with Crippen molar-refractivity contribution in [2.75, 3.05) is 0 Å². The maximum Gasteiger partial charge on any atom is 0.164 e. The summed E-state index contributed by atoms with van der Waals surface area (Å²) in [5, 5.41) is 3.72. The fourth-order valence-electron chi connectivity index (χ4n) is 8.90. The molecule has 260 valence electrons. The molecule has 1 aliphatic carbocycles. The summed E-state index contributed by atoms with van der Waals surface area (Å²) in [6, 6.07) is 62.1. The lowest BCUT2D eigenvalue weighted by Gasteiger charge is -2.22. The fraction of sp³-hybridized carbons (Fsp3) is 0.0600. The van der Waals surface area contributed by atoms with Crippen LogP contribution in [0.2, 0.25) is 0 Å². The maximum atomic E-state index is 5.09. The van der Waals surface area contributed by atoms with Crippen LogP contribution < -0.4 is 0 Å². The van der Waals surface area contributed by atoms with Crippen molar-refractivity contribution in [2.45, 2.75) is 19.3 Å². The van der Waals surface area contributed by atoms with Crippen molar-refractivity contribution in [3.8, 4) is 56.8 Å². The molecule has 10 aromatic rings. The van der Waals surface area contributed by atoms with Gasteiger partial charge in [0.1, 0.15) is 0 Å². The van der Waals surface area contributed by atoms with Crippen molar-refractivity contribution >= 4 is 32.7 Å². The molecule has 7 aromatic carbocycles. The van der Waals surface area contributed by atoms with Crippen LogP contribution in [0.4, 0.5) is 0 Å². The number of nitrogens with zero attached hydrogens (tertiary/aromatic N) is 5. The van der Waals surface area contributed by atoms with Gasteiger partial charge in [0, 0.05) is 55.2 Å². The van der Waals surface area contributed by atoms with Gasteiger partial charge in [0.25, 0.3) is 0 Å². The van der Waals surface area contributed by atoms with Gasteiger partial charge in [0.05, 0.1) is 22.2 Å². The number of para-hydroxylation sites is 2. The summed E-state index contributed by atoms with van der Waals surface area (Å²) < 4.78 is 4.94. The second kappa shape index (κ2) is 12.0. The largest absolute Gasteiger partial charge is 0.309 e. The van der Waals surface area contributed by atoms with Crippen LogP contribution in [0.5, 0.6) is 0 Å². The molecule has 11 rings (SSSR count). The van der Waals surface area contributed by atoms with Crippen molar-refractivity contribution < 1.29 is 0 Å². The Labute approximate surface area is 318 Å². The van der Waals surface area contributed by atoms with E-state index in [1.807, 2.05) is 60.7 Å². The van der Waals surface area contributed by atoms with Crippen molar-refractivity contribution in [1.82, 2.24) is 24.1 Å². The van der Waals surface area contributed by atoms with E-state index < -0.39 is 0 Å². The molecule has 0 fully saturated rings. The maximum absolute atomic E-state index is 5.09. The third-order valence-corrected chi connectivity index (χ3v) is 11.3. The quantitative estimate of drug-likeness (QED) is 0.179. The summed E-state index contributed by atoms with van der Waals surface area (Å²) in [6.45, 7) is 4.77. The molecule has 0 N–H and O–H groups in total. The van der Waals surface area contributed by atoms with E-state index in [0.717, 1.165) is 33.6 Å². The summed E-state index contributed by atoms with van der Waals surface area (Å²) in [5.74, 6) is 1.93. The first-order chi connectivity index (χ1) is 27.1. The topological polar surface area (TPSA) is 48.5 Å². The van der Waals surface area contributed by atoms with E-state index in [4.69, 9.17) is 15.0 Å². The summed E-state index contributed by atoms with van der Waals surface area (Å²) in [5.41, 5.74) is 13.6. The van der Waals surface area contributed by atoms with Crippen LogP contribution in [0, 0.1) is 0 Å². The fourth-order valence-corrected chi connectivity index (χ4v) is 8.90. The normalized spacial score (nSPS) is 13.1. The Bertz CT molecular complexity index is 3040. The molecule has 0 unspecified atom stereocenters. The van der Waals surface area contributed by atoms with Gasteiger partial charge in [-0.2, -0.15) is 0 Å². The zero-order valence-corrected chi connectivity index (χ0v) is 30.5. The van der Waals surface area contributed by atoms with Crippen LogP contribution in [-0.4, -0.2) is 24.1 Å². The molecule has 5 nitrogen and oxygen atoms in total. The zero-order chi connectivity index (χ0) is 36.7. The predicted molar refractivity (Wildman–Crippen MR) is 225 cm³/mol. The number of hydrogen-bond acceptors (Lipinski definition) is 3. The second-order valence-corrected chi connectivity index (χ2v) is 14.9. The van der Waals surface area contributed by atoms with Crippen LogP contribution in [0.25, 0.3) is 89.5 Å². The first-order valence-electron chi connectivity index (χ1n) is 18.8. The first kappa shape index (κ1) is 31.4. The van der Waals surface area contributed by atoms with Crippen molar-refractivity contribution in [2.24, 2.45) is 0 Å². The molecule has 3 heterocycles. The van der Waals surface area contributed by atoms with Crippen LogP contribution in [-0.2, 0) is 5.41 Å².